The summed E-state index contributed by atoms with van der Waals surface area (Å²) in [4.78, 5) is 28.5. The Kier molecular flexibility index (Phi) is 10.9. The van der Waals surface area contributed by atoms with E-state index in [2.05, 4.69) is 5.32 Å². The SMILES string of the molecule is CCOc1ccc(N(CC(=O)N(Cc2ccc(C)cc2)C(CC)C(=O)NC(C)C)S(=O)(=O)c2ccc(F)cc2)cc1. The number of anilines is 1. The molecule has 0 fully saturated rings. The first-order chi connectivity index (χ1) is 19.5. The molecule has 1 N–H and O–H groups in total. The third-order valence-electron chi connectivity index (χ3n) is 6.41. The van der Waals surface area contributed by atoms with Gasteiger partial charge in [0.2, 0.25) is 11.8 Å². The van der Waals surface area contributed by atoms with Gasteiger partial charge in [-0.15, -0.1) is 0 Å². The fourth-order valence-electron chi connectivity index (χ4n) is 4.33. The predicted octanol–water partition coefficient (Wildman–Crippen LogP) is 5.06. The van der Waals surface area contributed by atoms with Gasteiger partial charge in [-0.25, -0.2) is 12.8 Å². The largest absolute Gasteiger partial charge is 0.494 e. The van der Waals surface area contributed by atoms with Gasteiger partial charge in [-0.3, -0.25) is 13.9 Å². The Morgan fingerprint density at radius 1 is 0.927 bits per heavy atom. The van der Waals surface area contributed by atoms with Crippen LogP contribution in [0, 0.1) is 12.7 Å². The number of hydrogen-bond acceptors (Lipinski definition) is 5. The molecule has 3 aromatic rings. The second kappa shape index (κ2) is 14.1. The molecular formula is C31H38FN3O5S. The van der Waals surface area contributed by atoms with Crippen molar-refractivity contribution >= 4 is 27.5 Å². The van der Waals surface area contributed by atoms with E-state index >= 15 is 0 Å². The Balaban J connectivity index is 2.06. The van der Waals surface area contributed by atoms with Crippen molar-refractivity contribution in [1.82, 2.24) is 10.2 Å². The molecule has 3 aromatic carbocycles. The van der Waals surface area contributed by atoms with E-state index in [9.17, 15) is 22.4 Å². The highest BCUT2D eigenvalue weighted by Crippen LogP contribution is 2.27. The number of ether oxygens (including phenoxy) is 1. The lowest BCUT2D eigenvalue weighted by atomic mass is 10.1. The highest BCUT2D eigenvalue weighted by molar-refractivity contribution is 7.92. The van der Waals surface area contributed by atoms with Crippen LogP contribution >= 0.6 is 0 Å². The summed E-state index contributed by atoms with van der Waals surface area (Å²) in [6, 6.07) is 17.4. The number of carbonyl (C=O) groups is 2. The minimum absolute atomic E-state index is 0.108. The molecule has 0 aliphatic rings. The van der Waals surface area contributed by atoms with Gasteiger partial charge in [-0.2, -0.15) is 0 Å². The van der Waals surface area contributed by atoms with Gasteiger partial charge in [0, 0.05) is 12.6 Å². The lowest BCUT2D eigenvalue weighted by Crippen LogP contribution is -2.53. The van der Waals surface area contributed by atoms with E-state index in [-0.39, 0.29) is 29.1 Å². The zero-order chi connectivity index (χ0) is 30.2. The molecule has 8 nitrogen and oxygen atoms in total. The molecule has 41 heavy (non-hydrogen) atoms. The smallest absolute Gasteiger partial charge is 0.264 e. The van der Waals surface area contributed by atoms with Gasteiger partial charge in [0.15, 0.2) is 0 Å². The molecule has 0 saturated carbocycles. The Labute approximate surface area is 242 Å². The Bertz CT molecular complexity index is 1410. The maximum atomic E-state index is 14.0. The standard InChI is InChI=1S/C31H38FN3O5S/c1-6-29(31(37)33-22(3)4)34(20-24-10-8-23(5)9-11-24)30(36)21-35(26-14-16-27(17-15-26)40-7-2)41(38,39)28-18-12-25(32)13-19-28/h8-19,22,29H,6-7,20-21H2,1-5H3,(H,33,37). The Hall–Kier alpha value is -3.92. The zero-order valence-corrected chi connectivity index (χ0v) is 24.9. The first kappa shape index (κ1) is 31.6. The van der Waals surface area contributed by atoms with Crippen LogP contribution in [0.3, 0.4) is 0 Å². The molecule has 220 valence electrons. The predicted molar refractivity (Wildman–Crippen MR) is 158 cm³/mol. The van der Waals surface area contributed by atoms with Gasteiger partial charge in [-0.1, -0.05) is 36.8 Å². The zero-order valence-electron chi connectivity index (χ0n) is 24.1. The van der Waals surface area contributed by atoms with Crippen molar-refractivity contribution < 1.29 is 27.1 Å². The highest BCUT2D eigenvalue weighted by Gasteiger charge is 2.34. The number of sulfonamides is 1. The lowest BCUT2D eigenvalue weighted by molar-refractivity contribution is -0.140. The van der Waals surface area contributed by atoms with Crippen LogP contribution in [-0.4, -0.2) is 50.4 Å². The van der Waals surface area contributed by atoms with Crippen LogP contribution in [0.5, 0.6) is 5.75 Å². The van der Waals surface area contributed by atoms with Crippen molar-refractivity contribution in [2.45, 2.75) is 64.6 Å². The van der Waals surface area contributed by atoms with Crippen molar-refractivity contribution in [1.29, 1.82) is 0 Å². The van der Waals surface area contributed by atoms with Crippen molar-refractivity contribution in [2.75, 3.05) is 17.5 Å². The summed E-state index contributed by atoms with van der Waals surface area (Å²) in [5.74, 6) is -0.925. The van der Waals surface area contributed by atoms with Crippen molar-refractivity contribution in [3.05, 3.63) is 89.7 Å². The van der Waals surface area contributed by atoms with Gasteiger partial charge in [-0.05, 0) is 88.2 Å². The molecule has 2 amide bonds. The lowest BCUT2D eigenvalue weighted by Gasteiger charge is -2.33. The fraction of sp³-hybridized carbons (Fsp3) is 0.355. The van der Waals surface area contributed by atoms with Crippen molar-refractivity contribution in [2.24, 2.45) is 0 Å². The summed E-state index contributed by atoms with van der Waals surface area (Å²) >= 11 is 0. The normalized spacial score (nSPS) is 12.1. The van der Waals surface area contributed by atoms with Crippen LogP contribution < -0.4 is 14.4 Å². The van der Waals surface area contributed by atoms with E-state index in [4.69, 9.17) is 4.74 Å². The number of hydrogen-bond donors (Lipinski definition) is 1. The van der Waals surface area contributed by atoms with Gasteiger partial charge >= 0.3 is 0 Å². The number of amides is 2. The number of aryl methyl sites for hydroxylation is 1. The number of rotatable bonds is 13. The van der Waals surface area contributed by atoms with Crippen molar-refractivity contribution in [3.8, 4) is 5.75 Å². The maximum Gasteiger partial charge on any atom is 0.264 e. The van der Waals surface area contributed by atoms with E-state index in [0.717, 1.165) is 39.7 Å². The molecule has 0 saturated heterocycles. The van der Waals surface area contributed by atoms with Crippen LogP contribution in [0.25, 0.3) is 0 Å². The third kappa shape index (κ3) is 8.29. The maximum absolute atomic E-state index is 14.0. The average Bonchev–Trinajstić information content (AvgIpc) is 2.93. The quantitative estimate of drug-likeness (QED) is 0.304. The van der Waals surface area contributed by atoms with Crippen LogP contribution in [0.2, 0.25) is 0 Å². The molecular weight excluding hydrogens is 545 g/mol. The average molecular weight is 584 g/mol. The van der Waals surface area contributed by atoms with Crippen LogP contribution in [0.15, 0.2) is 77.7 Å². The minimum atomic E-state index is -4.30. The topological polar surface area (TPSA) is 96.0 Å². The second-order valence-electron chi connectivity index (χ2n) is 9.99. The van der Waals surface area contributed by atoms with Crippen LogP contribution in [0.1, 0.15) is 45.2 Å². The van der Waals surface area contributed by atoms with Crippen LogP contribution in [0.4, 0.5) is 10.1 Å². The van der Waals surface area contributed by atoms with E-state index < -0.39 is 34.3 Å². The van der Waals surface area contributed by atoms with Gasteiger partial charge in [0.1, 0.15) is 24.2 Å². The van der Waals surface area contributed by atoms with Gasteiger partial charge in [0.25, 0.3) is 10.0 Å². The van der Waals surface area contributed by atoms with Gasteiger partial charge < -0.3 is 15.0 Å². The summed E-state index contributed by atoms with van der Waals surface area (Å²) in [7, 11) is -4.30. The molecule has 0 aromatic heterocycles. The monoisotopic (exact) mass is 583 g/mol. The minimum Gasteiger partial charge on any atom is -0.494 e. The van der Waals surface area contributed by atoms with E-state index in [1.165, 1.54) is 4.90 Å². The summed E-state index contributed by atoms with van der Waals surface area (Å²) in [5, 5.41) is 2.87. The van der Waals surface area contributed by atoms with E-state index in [0.29, 0.717) is 18.8 Å². The fourth-order valence-corrected chi connectivity index (χ4v) is 5.74. The van der Waals surface area contributed by atoms with Gasteiger partial charge in [0.05, 0.1) is 17.2 Å². The number of benzene rings is 3. The number of carbonyl (C=O) groups excluding carboxylic acids is 2. The summed E-state index contributed by atoms with van der Waals surface area (Å²) in [6.45, 7) is 9.22. The molecule has 0 radical (unpaired) electrons. The number of nitrogens with zero attached hydrogens (tertiary/aromatic N) is 2. The Morgan fingerprint density at radius 3 is 2.07 bits per heavy atom. The molecule has 1 unspecified atom stereocenters. The molecule has 3 rings (SSSR count). The molecule has 0 spiro atoms. The van der Waals surface area contributed by atoms with Crippen molar-refractivity contribution in [3.63, 3.8) is 0 Å². The molecule has 0 aliphatic carbocycles. The third-order valence-corrected chi connectivity index (χ3v) is 8.19. The first-order valence-corrected chi connectivity index (χ1v) is 15.1. The number of halogens is 1. The number of nitrogens with one attached hydrogen (secondary N) is 1. The summed E-state index contributed by atoms with van der Waals surface area (Å²) < 4.78 is 47.8. The molecule has 0 heterocycles. The van der Waals surface area contributed by atoms with Crippen LogP contribution in [-0.2, 0) is 26.2 Å². The van der Waals surface area contributed by atoms with E-state index in [1.807, 2.05) is 52.0 Å². The summed E-state index contributed by atoms with van der Waals surface area (Å²) in [6.07, 6.45) is 0.323. The molecule has 10 heteroatoms. The first-order valence-electron chi connectivity index (χ1n) is 13.6. The highest BCUT2D eigenvalue weighted by atomic mass is 32.2. The molecule has 0 bridgehead atoms. The molecule has 1 atom stereocenters. The Morgan fingerprint density at radius 2 is 1.54 bits per heavy atom. The summed E-state index contributed by atoms with van der Waals surface area (Å²) in [5.41, 5.74) is 2.07. The second-order valence-corrected chi connectivity index (χ2v) is 11.8. The van der Waals surface area contributed by atoms with E-state index in [1.54, 1.807) is 31.2 Å². The molecule has 0 aliphatic heterocycles.